The molecule has 1 aliphatic heterocycles. The lowest BCUT2D eigenvalue weighted by atomic mass is 9.95. The number of rotatable bonds is 4. The molecule has 6 heteroatoms. The molecular weight excluding hydrogens is 485 g/mol. The van der Waals surface area contributed by atoms with E-state index in [1.165, 1.54) is 17.7 Å². The second-order valence-electron chi connectivity index (χ2n) is 8.60. The standard InChI is InChI=1S/C27H21BrFNO3/c1-15(2)17-5-7-18(8-6-17)24-23-25(31)21-13-19(28)9-12-22(21)33-26(23)27(32)30(24)14-16-3-10-20(29)11-4-16/h3-13,15,24H,14H2,1-2H3. The van der Waals surface area contributed by atoms with E-state index in [0.717, 1.165) is 15.6 Å². The van der Waals surface area contributed by atoms with E-state index in [2.05, 4.69) is 29.8 Å². The van der Waals surface area contributed by atoms with Crippen LogP contribution in [0.1, 0.15) is 58.6 Å². The van der Waals surface area contributed by atoms with Gasteiger partial charge in [0, 0.05) is 11.0 Å². The Hall–Kier alpha value is -3.25. The van der Waals surface area contributed by atoms with Crippen LogP contribution < -0.4 is 5.43 Å². The third-order valence-corrected chi connectivity index (χ3v) is 6.61. The molecule has 0 fully saturated rings. The van der Waals surface area contributed by atoms with Crippen LogP contribution >= 0.6 is 15.9 Å². The molecule has 1 aliphatic rings. The highest BCUT2D eigenvalue weighted by atomic mass is 79.9. The Morgan fingerprint density at radius 2 is 1.70 bits per heavy atom. The molecule has 0 saturated carbocycles. The highest BCUT2D eigenvalue weighted by molar-refractivity contribution is 9.10. The van der Waals surface area contributed by atoms with Crippen LogP contribution in [0.4, 0.5) is 4.39 Å². The Morgan fingerprint density at radius 1 is 1.00 bits per heavy atom. The lowest BCUT2D eigenvalue weighted by molar-refractivity contribution is 0.0714. The summed E-state index contributed by atoms with van der Waals surface area (Å²) >= 11 is 3.41. The minimum absolute atomic E-state index is 0.0647. The fourth-order valence-corrected chi connectivity index (χ4v) is 4.71. The van der Waals surface area contributed by atoms with Gasteiger partial charge in [-0.1, -0.05) is 66.2 Å². The lowest BCUT2D eigenvalue weighted by Crippen LogP contribution is -2.29. The first-order valence-electron chi connectivity index (χ1n) is 10.7. The van der Waals surface area contributed by atoms with Crippen molar-refractivity contribution in [3.63, 3.8) is 0 Å². The molecule has 0 radical (unpaired) electrons. The summed E-state index contributed by atoms with van der Waals surface area (Å²) in [7, 11) is 0. The van der Waals surface area contributed by atoms with E-state index < -0.39 is 6.04 Å². The second-order valence-corrected chi connectivity index (χ2v) is 9.51. The van der Waals surface area contributed by atoms with E-state index in [1.54, 1.807) is 35.2 Å². The van der Waals surface area contributed by atoms with Crippen molar-refractivity contribution >= 4 is 32.8 Å². The Kier molecular flexibility index (Phi) is 5.41. The van der Waals surface area contributed by atoms with Gasteiger partial charge in [0.15, 0.2) is 5.43 Å². The summed E-state index contributed by atoms with van der Waals surface area (Å²) in [4.78, 5) is 28.7. The smallest absolute Gasteiger partial charge is 0.291 e. The summed E-state index contributed by atoms with van der Waals surface area (Å²) in [6, 6.07) is 18.6. The largest absolute Gasteiger partial charge is 0.450 e. The minimum atomic E-state index is -0.599. The first kappa shape index (κ1) is 21.6. The van der Waals surface area contributed by atoms with Crippen molar-refractivity contribution in [1.29, 1.82) is 0 Å². The quantitative estimate of drug-likeness (QED) is 0.315. The topological polar surface area (TPSA) is 50.5 Å². The van der Waals surface area contributed by atoms with Gasteiger partial charge in [-0.2, -0.15) is 0 Å². The zero-order valence-corrected chi connectivity index (χ0v) is 19.7. The molecule has 4 aromatic rings. The van der Waals surface area contributed by atoms with Crippen LogP contribution in [0.25, 0.3) is 11.0 Å². The average molecular weight is 506 g/mol. The average Bonchev–Trinajstić information content (AvgIpc) is 3.08. The third kappa shape index (κ3) is 3.78. The molecule has 0 aliphatic carbocycles. The lowest BCUT2D eigenvalue weighted by Gasteiger charge is -2.25. The van der Waals surface area contributed by atoms with E-state index in [0.29, 0.717) is 22.5 Å². The molecule has 3 aromatic carbocycles. The third-order valence-electron chi connectivity index (χ3n) is 6.11. The van der Waals surface area contributed by atoms with E-state index in [-0.39, 0.29) is 29.5 Å². The van der Waals surface area contributed by atoms with Crippen LogP contribution in [0.3, 0.4) is 0 Å². The molecule has 33 heavy (non-hydrogen) atoms. The maximum Gasteiger partial charge on any atom is 0.291 e. The number of nitrogens with zero attached hydrogens (tertiary/aromatic N) is 1. The van der Waals surface area contributed by atoms with E-state index in [9.17, 15) is 14.0 Å². The molecule has 1 aromatic heterocycles. The normalized spacial score (nSPS) is 15.5. The molecule has 1 atom stereocenters. The Balaban J connectivity index is 1.69. The fourth-order valence-electron chi connectivity index (χ4n) is 4.35. The van der Waals surface area contributed by atoms with Gasteiger partial charge in [-0.3, -0.25) is 9.59 Å². The van der Waals surface area contributed by atoms with Crippen molar-refractivity contribution in [3.8, 4) is 0 Å². The van der Waals surface area contributed by atoms with E-state index in [1.807, 2.05) is 24.3 Å². The molecule has 1 amide bonds. The summed E-state index contributed by atoms with van der Waals surface area (Å²) in [5.74, 6) is -0.272. The maximum absolute atomic E-state index is 13.6. The van der Waals surface area contributed by atoms with Crippen LogP contribution in [0.15, 0.2) is 80.4 Å². The van der Waals surface area contributed by atoms with Crippen molar-refractivity contribution in [3.05, 3.63) is 115 Å². The van der Waals surface area contributed by atoms with Crippen molar-refractivity contribution < 1.29 is 13.6 Å². The van der Waals surface area contributed by atoms with Crippen LogP contribution in [0, 0.1) is 5.82 Å². The van der Waals surface area contributed by atoms with Crippen LogP contribution in [-0.2, 0) is 6.54 Å². The molecule has 4 nitrogen and oxygen atoms in total. The van der Waals surface area contributed by atoms with Crippen LogP contribution in [0.2, 0.25) is 0 Å². The van der Waals surface area contributed by atoms with Gasteiger partial charge in [0.05, 0.1) is 17.0 Å². The summed E-state index contributed by atoms with van der Waals surface area (Å²) < 4.78 is 20.2. The fraction of sp³-hybridized carbons (Fsp3) is 0.185. The van der Waals surface area contributed by atoms with Gasteiger partial charge >= 0.3 is 0 Å². The number of halogens is 2. The highest BCUT2D eigenvalue weighted by Crippen LogP contribution is 2.39. The van der Waals surface area contributed by atoms with Gasteiger partial charge in [-0.25, -0.2) is 4.39 Å². The summed E-state index contributed by atoms with van der Waals surface area (Å²) in [6.07, 6.45) is 0. The maximum atomic E-state index is 13.6. The van der Waals surface area contributed by atoms with Gasteiger partial charge < -0.3 is 9.32 Å². The van der Waals surface area contributed by atoms with Crippen molar-refractivity contribution in [2.75, 3.05) is 0 Å². The monoisotopic (exact) mass is 505 g/mol. The Bertz CT molecular complexity index is 1430. The number of amides is 1. The molecule has 1 unspecified atom stereocenters. The number of carbonyl (C=O) groups is 1. The minimum Gasteiger partial charge on any atom is -0.450 e. The predicted molar refractivity (Wildman–Crippen MR) is 129 cm³/mol. The molecule has 5 rings (SSSR count). The predicted octanol–water partition coefficient (Wildman–Crippen LogP) is 6.56. The van der Waals surface area contributed by atoms with Crippen molar-refractivity contribution in [1.82, 2.24) is 4.90 Å². The van der Waals surface area contributed by atoms with Gasteiger partial charge in [-0.05, 0) is 52.9 Å². The summed E-state index contributed by atoms with van der Waals surface area (Å²) in [6.45, 7) is 4.45. The zero-order valence-electron chi connectivity index (χ0n) is 18.1. The number of fused-ring (bicyclic) bond motifs is 2. The van der Waals surface area contributed by atoms with Crippen LogP contribution in [0.5, 0.6) is 0 Å². The number of hydrogen-bond acceptors (Lipinski definition) is 3. The SMILES string of the molecule is CC(C)c1ccc(C2c3c(oc4ccc(Br)cc4c3=O)C(=O)N2Cc2ccc(F)cc2)cc1. The molecule has 0 spiro atoms. The van der Waals surface area contributed by atoms with E-state index >= 15 is 0 Å². The van der Waals surface area contributed by atoms with Gasteiger partial charge in [-0.15, -0.1) is 0 Å². The summed E-state index contributed by atoms with van der Waals surface area (Å²) in [5, 5.41) is 0.420. The van der Waals surface area contributed by atoms with Crippen LogP contribution in [-0.4, -0.2) is 10.8 Å². The Labute approximate surface area is 198 Å². The first-order chi connectivity index (χ1) is 15.8. The molecule has 2 heterocycles. The molecule has 166 valence electrons. The molecule has 0 bridgehead atoms. The number of carbonyl (C=O) groups excluding carboxylic acids is 1. The highest BCUT2D eigenvalue weighted by Gasteiger charge is 2.42. The summed E-state index contributed by atoms with van der Waals surface area (Å²) in [5.41, 5.74) is 3.25. The van der Waals surface area contributed by atoms with Gasteiger partial charge in [0.2, 0.25) is 5.76 Å². The molecule has 0 N–H and O–H groups in total. The number of hydrogen-bond donors (Lipinski definition) is 0. The van der Waals surface area contributed by atoms with Gasteiger partial charge in [0.1, 0.15) is 11.4 Å². The second kappa shape index (κ2) is 8.27. The molecule has 0 saturated heterocycles. The first-order valence-corrected chi connectivity index (χ1v) is 11.5. The Morgan fingerprint density at radius 3 is 2.36 bits per heavy atom. The number of benzene rings is 3. The van der Waals surface area contributed by atoms with Crippen molar-refractivity contribution in [2.45, 2.75) is 32.4 Å². The zero-order chi connectivity index (χ0) is 23.3. The van der Waals surface area contributed by atoms with Crippen molar-refractivity contribution in [2.24, 2.45) is 0 Å². The van der Waals surface area contributed by atoms with Gasteiger partial charge in [0.25, 0.3) is 5.91 Å². The van der Waals surface area contributed by atoms with E-state index in [4.69, 9.17) is 4.42 Å². The molecular formula is C27H21BrFNO3.